The lowest BCUT2D eigenvalue weighted by Gasteiger charge is -2.33. The second-order valence-electron chi connectivity index (χ2n) is 5.16. The van der Waals surface area contributed by atoms with E-state index in [0.29, 0.717) is 26.2 Å². The maximum Gasteiger partial charge on any atom is 0.219 e. The fraction of sp³-hybridized carbons (Fsp3) is 0.312. The Balaban J connectivity index is 1.84. The van der Waals surface area contributed by atoms with Crippen molar-refractivity contribution in [2.24, 2.45) is 0 Å². The molecule has 1 fully saturated rings. The van der Waals surface area contributed by atoms with E-state index in [4.69, 9.17) is 0 Å². The van der Waals surface area contributed by atoms with Gasteiger partial charge in [-0.1, -0.05) is 36.4 Å². The van der Waals surface area contributed by atoms with Crippen molar-refractivity contribution in [1.82, 2.24) is 9.21 Å². The van der Waals surface area contributed by atoms with Gasteiger partial charge in [-0.2, -0.15) is 0 Å². The highest BCUT2D eigenvalue weighted by Crippen LogP contribution is 2.23. The Kier molecular flexibility index (Phi) is 4.03. The van der Waals surface area contributed by atoms with E-state index in [1.54, 1.807) is 11.8 Å². The number of piperazine rings is 1. The molecule has 4 nitrogen and oxygen atoms in total. The number of amides is 1. The van der Waals surface area contributed by atoms with Gasteiger partial charge >= 0.3 is 0 Å². The lowest BCUT2D eigenvalue weighted by Crippen LogP contribution is -2.48. The molecule has 1 atom stereocenters. The number of nitrogens with zero attached hydrogens (tertiary/aromatic N) is 2. The normalized spacial score (nSPS) is 17.9. The van der Waals surface area contributed by atoms with Crippen LogP contribution in [0.5, 0.6) is 0 Å². The molecule has 0 N–H and O–H groups in total. The van der Waals surface area contributed by atoms with Crippen molar-refractivity contribution in [2.45, 2.75) is 11.8 Å². The second kappa shape index (κ2) is 5.95. The predicted molar refractivity (Wildman–Crippen MR) is 84.2 cm³/mol. The molecule has 1 amide bonds. The summed E-state index contributed by atoms with van der Waals surface area (Å²) in [6.07, 6.45) is 0. The molecular formula is C16H18N2O2S. The van der Waals surface area contributed by atoms with Gasteiger partial charge in [0.2, 0.25) is 5.91 Å². The van der Waals surface area contributed by atoms with Crippen molar-refractivity contribution in [3.05, 3.63) is 42.5 Å². The van der Waals surface area contributed by atoms with Crippen LogP contribution in [0.3, 0.4) is 0 Å². The van der Waals surface area contributed by atoms with E-state index in [1.807, 2.05) is 46.8 Å². The predicted octanol–water partition coefficient (Wildman–Crippen LogP) is 2.03. The Morgan fingerprint density at radius 2 is 1.67 bits per heavy atom. The Morgan fingerprint density at radius 3 is 2.38 bits per heavy atom. The largest absolute Gasteiger partial charge is 0.340 e. The number of fused-ring (bicyclic) bond motifs is 1. The van der Waals surface area contributed by atoms with E-state index in [-0.39, 0.29) is 5.91 Å². The summed E-state index contributed by atoms with van der Waals surface area (Å²) in [4.78, 5) is 14.0. The molecule has 0 aliphatic carbocycles. The maximum absolute atomic E-state index is 12.8. The van der Waals surface area contributed by atoms with E-state index in [2.05, 4.69) is 0 Å². The minimum Gasteiger partial charge on any atom is -0.340 e. The first kappa shape index (κ1) is 14.2. The Labute approximate surface area is 126 Å². The summed E-state index contributed by atoms with van der Waals surface area (Å²) in [5, 5.41) is 2.14. The van der Waals surface area contributed by atoms with Gasteiger partial charge in [-0.05, 0) is 16.8 Å². The van der Waals surface area contributed by atoms with Crippen LogP contribution in [0.1, 0.15) is 6.92 Å². The molecule has 0 aromatic heterocycles. The third-order valence-electron chi connectivity index (χ3n) is 3.86. The Morgan fingerprint density at radius 1 is 1.00 bits per heavy atom. The summed E-state index contributed by atoms with van der Waals surface area (Å²) >= 11 is 0. The smallest absolute Gasteiger partial charge is 0.219 e. The average molecular weight is 302 g/mol. The van der Waals surface area contributed by atoms with Gasteiger partial charge in [-0.15, -0.1) is 0 Å². The third-order valence-corrected chi connectivity index (χ3v) is 5.42. The van der Waals surface area contributed by atoms with Gasteiger partial charge in [0.15, 0.2) is 0 Å². The van der Waals surface area contributed by atoms with Crippen LogP contribution in [-0.4, -0.2) is 45.5 Å². The van der Waals surface area contributed by atoms with Crippen molar-refractivity contribution >= 4 is 27.7 Å². The van der Waals surface area contributed by atoms with Gasteiger partial charge in [0.1, 0.15) is 11.0 Å². The molecular weight excluding hydrogens is 284 g/mol. The highest BCUT2D eigenvalue weighted by atomic mass is 32.2. The van der Waals surface area contributed by atoms with Gasteiger partial charge in [0.25, 0.3) is 0 Å². The first-order valence-corrected chi connectivity index (χ1v) is 8.17. The summed E-state index contributed by atoms with van der Waals surface area (Å²) in [7, 11) is -1.18. The lowest BCUT2D eigenvalue weighted by molar-refractivity contribution is -0.129. The van der Waals surface area contributed by atoms with Crippen LogP contribution in [0.4, 0.5) is 0 Å². The van der Waals surface area contributed by atoms with Gasteiger partial charge in [0, 0.05) is 33.1 Å². The average Bonchev–Trinajstić information content (AvgIpc) is 2.53. The summed E-state index contributed by atoms with van der Waals surface area (Å²) < 4.78 is 14.8. The third kappa shape index (κ3) is 2.84. The SMILES string of the molecule is CC(=O)N1CCN(S(=O)c2cccc3ccccc23)CC1. The maximum atomic E-state index is 12.8. The molecule has 1 saturated heterocycles. The first-order chi connectivity index (χ1) is 10.2. The van der Waals surface area contributed by atoms with E-state index in [9.17, 15) is 9.00 Å². The quantitative estimate of drug-likeness (QED) is 0.851. The summed E-state index contributed by atoms with van der Waals surface area (Å²) in [5.41, 5.74) is 0. The zero-order valence-corrected chi connectivity index (χ0v) is 12.8. The zero-order chi connectivity index (χ0) is 14.8. The molecule has 2 aromatic rings. The number of carbonyl (C=O) groups excluding carboxylic acids is 1. The molecule has 21 heavy (non-hydrogen) atoms. The van der Waals surface area contributed by atoms with Crippen LogP contribution < -0.4 is 0 Å². The molecule has 2 aromatic carbocycles. The van der Waals surface area contributed by atoms with Gasteiger partial charge < -0.3 is 4.90 Å². The van der Waals surface area contributed by atoms with Crippen LogP contribution >= 0.6 is 0 Å². The van der Waals surface area contributed by atoms with Crippen molar-refractivity contribution in [1.29, 1.82) is 0 Å². The van der Waals surface area contributed by atoms with Crippen LogP contribution in [0.25, 0.3) is 10.8 Å². The molecule has 0 saturated carbocycles. The first-order valence-electron chi connectivity index (χ1n) is 7.07. The standard InChI is InChI=1S/C16H18N2O2S/c1-13(19)17-9-11-18(12-10-17)21(20)16-8-4-6-14-5-2-3-7-15(14)16/h2-8H,9-12H2,1H3. The fourth-order valence-electron chi connectivity index (χ4n) is 2.66. The lowest BCUT2D eigenvalue weighted by atomic mass is 10.1. The molecule has 5 heteroatoms. The molecule has 1 unspecified atom stereocenters. The number of hydrogen-bond acceptors (Lipinski definition) is 2. The minimum absolute atomic E-state index is 0.0885. The molecule has 0 bridgehead atoms. The van der Waals surface area contributed by atoms with Gasteiger partial charge in [-0.25, -0.2) is 8.51 Å². The zero-order valence-electron chi connectivity index (χ0n) is 12.0. The summed E-state index contributed by atoms with van der Waals surface area (Å²) in [5.74, 6) is 0.0885. The van der Waals surface area contributed by atoms with Crippen LogP contribution in [0.2, 0.25) is 0 Å². The van der Waals surface area contributed by atoms with Crippen molar-refractivity contribution in [3.63, 3.8) is 0 Å². The molecule has 0 radical (unpaired) electrons. The Bertz CT molecular complexity index is 688. The van der Waals surface area contributed by atoms with Crippen LogP contribution in [0.15, 0.2) is 47.4 Å². The highest BCUT2D eigenvalue weighted by molar-refractivity contribution is 7.83. The molecule has 3 rings (SSSR count). The highest BCUT2D eigenvalue weighted by Gasteiger charge is 2.24. The van der Waals surface area contributed by atoms with Crippen LogP contribution in [-0.2, 0) is 15.8 Å². The van der Waals surface area contributed by atoms with E-state index in [0.717, 1.165) is 15.7 Å². The number of hydrogen-bond donors (Lipinski definition) is 0. The molecule has 1 aliphatic heterocycles. The van der Waals surface area contributed by atoms with Gasteiger partial charge in [0.05, 0.1) is 4.90 Å². The van der Waals surface area contributed by atoms with E-state index in [1.165, 1.54) is 0 Å². The monoisotopic (exact) mass is 302 g/mol. The topological polar surface area (TPSA) is 40.6 Å². The minimum atomic E-state index is -1.18. The fourth-order valence-corrected chi connectivity index (χ4v) is 4.00. The summed E-state index contributed by atoms with van der Waals surface area (Å²) in [6, 6.07) is 13.9. The van der Waals surface area contributed by atoms with E-state index >= 15 is 0 Å². The van der Waals surface area contributed by atoms with Crippen molar-refractivity contribution in [3.8, 4) is 0 Å². The molecule has 1 aliphatic rings. The second-order valence-corrected chi connectivity index (χ2v) is 6.62. The van der Waals surface area contributed by atoms with Crippen molar-refractivity contribution in [2.75, 3.05) is 26.2 Å². The number of rotatable bonds is 2. The summed E-state index contributed by atoms with van der Waals surface area (Å²) in [6.45, 7) is 4.17. The molecule has 1 heterocycles. The Hall–Kier alpha value is -1.72. The molecule has 0 spiro atoms. The van der Waals surface area contributed by atoms with Crippen molar-refractivity contribution < 1.29 is 9.00 Å². The van der Waals surface area contributed by atoms with E-state index < -0.39 is 11.0 Å². The van der Waals surface area contributed by atoms with Gasteiger partial charge in [-0.3, -0.25) is 4.79 Å². The number of benzene rings is 2. The number of carbonyl (C=O) groups is 1. The molecule has 110 valence electrons. The van der Waals surface area contributed by atoms with Crippen LogP contribution in [0, 0.1) is 0 Å².